The predicted octanol–water partition coefficient (Wildman–Crippen LogP) is 0.927. The number of imidazole rings is 1. The molecule has 1 aliphatic carbocycles. The van der Waals surface area contributed by atoms with Crippen molar-refractivity contribution in [2.24, 2.45) is 0 Å². The van der Waals surface area contributed by atoms with Crippen LogP contribution in [0.4, 0.5) is 0 Å². The van der Waals surface area contributed by atoms with Gasteiger partial charge in [0, 0.05) is 25.6 Å². The number of H-pyrrole nitrogens is 1. The molecule has 0 spiro atoms. The summed E-state index contributed by atoms with van der Waals surface area (Å²) in [5, 5.41) is 8.34. The number of hydrogen-bond donors (Lipinski definition) is 3. The largest absolute Gasteiger partial charge is 0.396 e. The third-order valence-corrected chi connectivity index (χ3v) is 6.15. The summed E-state index contributed by atoms with van der Waals surface area (Å²) in [6, 6.07) is 0. The van der Waals surface area contributed by atoms with Crippen LogP contribution in [-0.4, -0.2) is 44.8 Å². The summed E-state index contributed by atoms with van der Waals surface area (Å²) in [6.45, 7) is 1.78. The predicted molar refractivity (Wildman–Crippen MR) is 102 cm³/mol. The van der Waals surface area contributed by atoms with E-state index in [9.17, 15) is 18.4 Å². The fourth-order valence-electron chi connectivity index (χ4n) is 3.77. The van der Waals surface area contributed by atoms with Gasteiger partial charge in [0.2, 0.25) is 0 Å². The minimum absolute atomic E-state index is 0.0733. The highest BCUT2D eigenvalue weighted by Gasteiger charge is 2.25. The number of nitrogens with zero attached hydrogens (tertiary/aromatic N) is 3. The summed E-state index contributed by atoms with van der Waals surface area (Å²) in [4.78, 5) is 33.4. The van der Waals surface area contributed by atoms with Crippen LogP contribution in [0.1, 0.15) is 57.2 Å². The fourth-order valence-corrected chi connectivity index (χ4v) is 4.35. The smallest absolute Gasteiger partial charge is 0.332 e. The molecule has 1 fully saturated rings. The van der Waals surface area contributed by atoms with E-state index in [-0.39, 0.29) is 43.2 Å². The van der Waals surface area contributed by atoms with Gasteiger partial charge in [-0.25, -0.2) is 14.0 Å². The van der Waals surface area contributed by atoms with Crippen molar-refractivity contribution in [3.63, 3.8) is 0 Å². The van der Waals surface area contributed by atoms with Crippen LogP contribution in [-0.2, 0) is 24.2 Å². The molecule has 27 heavy (non-hydrogen) atoms. The molecular formula is C17H26N4O5S. The van der Waals surface area contributed by atoms with Crippen LogP contribution >= 0.6 is 0 Å². The molecule has 1 aliphatic rings. The molecule has 3 rings (SSSR count). The number of nitrogens with one attached hydrogen (secondary N) is 1. The Labute approximate surface area is 158 Å². The number of aliphatic hydroxyl groups is 1. The van der Waals surface area contributed by atoms with E-state index in [4.69, 9.17) is 5.11 Å². The standard InChI is InChI=1S/C17H26N4O5S/c1-2-8-20-16(23)13-15(19-14(18-13)11-5-3-4-6-11)21(17(20)24)10-12(7-9-22)27(25)26/h11-12,22H,2-10H2,1H3,(H,18,19)(H,25,26). The van der Waals surface area contributed by atoms with Crippen LogP contribution in [0.2, 0.25) is 0 Å². The number of fused-ring (bicyclic) bond motifs is 1. The lowest BCUT2D eigenvalue weighted by Gasteiger charge is -2.15. The van der Waals surface area contributed by atoms with Gasteiger partial charge in [-0.3, -0.25) is 13.9 Å². The minimum atomic E-state index is -2.21. The zero-order chi connectivity index (χ0) is 19.6. The van der Waals surface area contributed by atoms with Crippen molar-refractivity contribution >= 4 is 22.2 Å². The van der Waals surface area contributed by atoms with E-state index in [2.05, 4.69) is 9.97 Å². The van der Waals surface area contributed by atoms with E-state index in [1.807, 2.05) is 6.92 Å². The molecule has 10 heteroatoms. The molecule has 0 bridgehead atoms. The van der Waals surface area contributed by atoms with Crippen molar-refractivity contribution in [3.8, 4) is 0 Å². The van der Waals surface area contributed by atoms with Crippen LogP contribution in [0.15, 0.2) is 9.59 Å². The van der Waals surface area contributed by atoms with Crippen LogP contribution < -0.4 is 11.2 Å². The average molecular weight is 398 g/mol. The fraction of sp³-hybridized carbons (Fsp3) is 0.706. The number of aliphatic hydroxyl groups excluding tert-OH is 1. The first-order valence-corrected chi connectivity index (χ1v) is 10.6. The Morgan fingerprint density at radius 1 is 1.30 bits per heavy atom. The van der Waals surface area contributed by atoms with Crippen LogP contribution in [0.25, 0.3) is 11.2 Å². The van der Waals surface area contributed by atoms with Crippen molar-refractivity contribution in [2.45, 2.75) is 69.7 Å². The number of rotatable bonds is 8. The summed E-state index contributed by atoms with van der Waals surface area (Å²) in [5.74, 6) is 0.936. The van der Waals surface area contributed by atoms with Crippen molar-refractivity contribution in [2.75, 3.05) is 6.61 Å². The van der Waals surface area contributed by atoms with Gasteiger partial charge in [-0.05, 0) is 25.7 Å². The molecule has 2 unspecified atom stereocenters. The third kappa shape index (κ3) is 3.92. The number of aromatic nitrogens is 4. The molecule has 0 amide bonds. The van der Waals surface area contributed by atoms with Crippen molar-refractivity contribution in [1.82, 2.24) is 19.1 Å². The molecule has 150 valence electrons. The van der Waals surface area contributed by atoms with Crippen LogP contribution in [0.5, 0.6) is 0 Å². The highest BCUT2D eigenvalue weighted by Crippen LogP contribution is 2.32. The Kier molecular flexibility index (Phi) is 6.28. The van der Waals surface area contributed by atoms with Gasteiger partial charge in [0.05, 0.1) is 5.25 Å². The first kappa shape index (κ1) is 20.0. The van der Waals surface area contributed by atoms with Gasteiger partial charge in [-0.2, -0.15) is 0 Å². The van der Waals surface area contributed by atoms with Crippen LogP contribution in [0, 0.1) is 0 Å². The van der Waals surface area contributed by atoms with E-state index in [1.54, 1.807) is 0 Å². The lowest BCUT2D eigenvalue weighted by atomic mass is 10.1. The third-order valence-electron chi connectivity index (χ3n) is 5.19. The monoisotopic (exact) mass is 398 g/mol. The van der Waals surface area contributed by atoms with Gasteiger partial charge >= 0.3 is 5.69 Å². The van der Waals surface area contributed by atoms with Gasteiger partial charge in [-0.15, -0.1) is 0 Å². The van der Waals surface area contributed by atoms with Gasteiger partial charge < -0.3 is 14.6 Å². The molecule has 3 N–H and O–H groups in total. The van der Waals surface area contributed by atoms with Gasteiger partial charge in [0.15, 0.2) is 16.7 Å². The Morgan fingerprint density at radius 2 is 2.00 bits per heavy atom. The van der Waals surface area contributed by atoms with Gasteiger partial charge in [0.1, 0.15) is 11.3 Å². The molecular weight excluding hydrogens is 372 g/mol. The van der Waals surface area contributed by atoms with Gasteiger partial charge in [-0.1, -0.05) is 19.8 Å². The number of hydrogen-bond acceptors (Lipinski definition) is 5. The summed E-state index contributed by atoms with van der Waals surface area (Å²) in [7, 11) is 0. The number of aromatic amines is 1. The second-order valence-corrected chi connectivity index (χ2v) is 8.28. The average Bonchev–Trinajstić information content (AvgIpc) is 3.30. The topological polar surface area (TPSA) is 130 Å². The SMILES string of the molecule is CCCn1c(=O)c2[nH]c(C3CCCC3)nc2n(CC(CCO)S(=O)O)c1=O. The van der Waals surface area contributed by atoms with E-state index in [0.29, 0.717) is 12.2 Å². The maximum absolute atomic E-state index is 12.9. The molecule has 0 radical (unpaired) electrons. The lowest BCUT2D eigenvalue weighted by molar-refractivity contribution is 0.280. The second-order valence-electron chi connectivity index (χ2n) is 7.06. The van der Waals surface area contributed by atoms with Crippen molar-refractivity contribution in [1.29, 1.82) is 0 Å². The molecule has 2 aromatic rings. The second kappa shape index (κ2) is 8.49. The van der Waals surface area contributed by atoms with E-state index in [1.165, 1.54) is 4.57 Å². The molecule has 2 aromatic heterocycles. The highest BCUT2D eigenvalue weighted by atomic mass is 32.2. The quantitative estimate of drug-likeness (QED) is 0.567. The maximum atomic E-state index is 12.9. The summed E-state index contributed by atoms with van der Waals surface area (Å²) < 4.78 is 23.6. The van der Waals surface area contributed by atoms with Crippen LogP contribution in [0.3, 0.4) is 0 Å². The molecule has 1 saturated carbocycles. The Bertz CT molecular complexity index is 941. The van der Waals surface area contributed by atoms with E-state index < -0.39 is 27.6 Å². The zero-order valence-electron chi connectivity index (χ0n) is 15.4. The Balaban J connectivity index is 2.17. The molecule has 2 atom stereocenters. The highest BCUT2D eigenvalue weighted by molar-refractivity contribution is 7.79. The van der Waals surface area contributed by atoms with Crippen molar-refractivity contribution in [3.05, 3.63) is 26.7 Å². The normalized spacial score (nSPS) is 17.6. The molecule has 0 saturated heterocycles. The first-order valence-electron chi connectivity index (χ1n) is 9.41. The summed E-state index contributed by atoms with van der Waals surface area (Å²) in [5.41, 5.74) is -0.454. The summed E-state index contributed by atoms with van der Waals surface area (Å²) in [6.07, 6.45) is 4.87. The molecule has 0 aromatic carbocycles. The molecule has 9 nitrogen and oxygen atoms in total. The van der Waals surface area contributed by atoms with Crippen molar-refractivity contribution < 1.29 is 13.9 Å². The van der Waals surface area contributed by atoms with Gasteiger partial charge in [0.25, 0.3) is 5.56 Å². The maximum Gasteiger partial charge on any atom is 0.332 e. The minimum Gasteiger partial charge on any atom is -0.396 e. The zero-order valence-corrected chi connectivity index (χ0v) is 16.2. The molecule has 2 heterocycles. The van der Waals surface area contributed by atoms with E-state index >= 15 is 0 Å². The lowest BCUT2D eigenvalue weighted by Crippen LogP contribution is -2.42. The summed E-state index contributed by atoms with van der Waals surface area (Å²) >= 11 is -2.21. The first-order chi connectivity index (χ1) is 13.0. The Hall–Kier alpha value is -1.78. The Morgan fingerprint density at radius 3 is 2.59 bits per heavy atom. The van der Waals surface area contributed by atoms with E-state index in [0.717, 1.165) is 30.3 Å². The molecule has 0 aliphatic heterocycles.